The molecule has 0 aromatic rings. The molecular formula is C10H20. The van der Waals surface area contributed by atoms with Crippen LogP contribution in [0.3, 0.4) is 0 Å². The molecule has 0 heterocycles. The number of rotatable bonds is 4. The first-order valence-corrected chi connectivity index (χ1v) is 4.24. The van der Waals surface area contributed by atoms with E-state index >= 15 is 0 Å². The molecule has 0 heteroatoms. The largest absolute Gasteiger partial charge is 0.0999 e. The predicted octanol–water partition coefficient (Wildman–Crippen LogP) is 3.63. The van der Waals surface area contributed by atoms with E-state index in [4.69, 9.17) is 0 Å². The van der Waals surface area contributed by atoms with Gasteiger partial charge < -0.3 is 0 Å². The highest BCUT2D eigenvalue weighted by molar-refractivity contribution is 4.93. The average Bonchev–Trinajstić information content (AvgIpc) is 1.87. The lowest BCUT2D eigenvalue weighted by atomic mass is 9.91. The number of allylic oxidation sites excluding steroid dienone is 1. The zero-order valence-electron chi connectivity index (χ0n) is 7.78. The quantitative estimate of drug-likeness (QED) is 0.523. The Kier molecular flexibility index (Phi) is 4.42. The van der Waals surface area contributed by atoms with E-state index in [-0.39, 0.29) is 0 Å². The SMILES string of the molecule is C=C(CC)CC(C)C(C)C. The van der Waals surface area contributed by atoms with Crippen LogP contribution in [0.15, 0.2) is 12.2 Å². The lowest BCUT2D eigenvalue weighted by Gasteiger charge is -2.15. The van der Waals surface area contributed by atoms with E-state index in [9.17, 15) is 0 Å². The van der Waals surface area contributed by atoms with E-state index < -0.39 is 0 Å². The van der Waals surface area contributed by atoms with Crippen LogP contribution in [0.4, 0.5) is 0 Å². The molecule has 0 rings (SSSR count). The first kappa shape index (κ1) is 9.74. The molecule has 0 radical (unpaired) electrons. The average molecular weight is 140 g/mol. The van der Waals surface area contributed by atoms with Crippen molar-refractivity contribution in [2.45, 2.75) is 40.5 Å². The van der Waals surface area contributed by atoms with Gasteiger partial charge in [0.15, 0.2) is 0 Å². The van der Waals surface area contributed by atoms with Crippen LogP contribution in [-0.2, 0) is 0 Å². The number of hydrogen-bond acceptors (Lipinski definition) is 0. The van der Waals surface area contributed by atoms with Gasteiger partial charge in [0.25, 0.3) is 0 Å². The molecule has 0 aliphatic rings. The van der Waals surface area contributed by atoms with Gasteiger partial charge in [-0.3, -0.25) is 0 Å². The maximum atomic E-state index is 4.00. The minimum atomic E-state index is 0.795. The van der Waals surface area contributed by atoms with Crippen molar-refractivity contribution in [1.82, 2.24) is 0 Å². The van der Waals surface area contributed by atoms with Crippen molar-refractivity contribution in [1.29, 1.82) is 0 Å². The Morgan fingerprint density at radius 1 is 1.30 bits per heavy atom. The van der Waals surface area contributed by atoms with Crippen LogP contribution >= 0.6 is 0 Å². The predicted molar refractivity (Wildman–Crippen MR) is 48.1 cm³/mol. The van der Waals surface area contributed by atoms with Gasteiger partial charge in [0.05, 0.1) is 0 Å². The lowest BCUT2D eigenvalue weighted by molar-refractivity contribution is 0.413. The second-order valence-corrected chi connectivity index (χ2v) is 3.53. The molecule has 1 unspecified atom stereocenters. The summed E-state index contributed by atoms with van der Waals surface area (Å²) >= 11 is 0. The minimum Gasteiger partial charge on any atom is -0.0999 e. The molecule has 0 aliphatic carbocycles. The number of hydrogen-bond donors (Lipinski definition) is 0. The monoisotopic (exact) mass is 140 g/mol. The summed E-state index contributed by atoms with van der Waals surface area (Å²) in [5.41, 5.74) is 1.39. The highest BCUT2D eigenvalue weighted by Crippen LogP contribution is 2.19. The third-order valence-electron chi connectivity index (χ3n) is 2.25. The van der Waals surface area contributed by atoms with E-state index in [2.05, 4.69) is 34.3 Å². The van der Waals surface area contributed by atoms with Gasteiger partial charge in [-0.1, -0.05) is 39.8 Å². The van der Waals surface area contributed by atoms with Crippen molar-refractivity contribution in [3.63, 3.8) is 0 Å². The third kappa shape index (κ3) is 3.71. The Morgan fingerprint density at radius 2 is 1.80 bits per heavy atom. The molecule has 0 amide bonds. The van der Waals surface area contributed by atoms with Crippen molar-refractivity contribution < 1.29 is 0 Å². The molecule has 10 heavy (non-hydrogen) atoms. The molecule has 0 aromatic carbocycles. The summed E-state index contributed by atoms with van der Waals surface area (Å²) < 4.78 is 0. The van der Waals surface area contributed by atoms with Crippen LogP contribution in [0, 0.1) is 11.8 Å². The van der Waals surface area contributed by atoms with Crippen LogP contribution in [0.25, 0.3) is 0 Å². The van der Waals surface area contributed by atoms with Gasteiger partial charge in [-0.25, -0.2) is 0 Å². The van der Waals surface area contributed by atoms with Crippen molar-refractivity contribution in [2.75, 3.05) is 0 Å². The van der Waals surface area contributed by atoms with E-state index in [1.807, 2.05) is 0 Å². The van der Waals surface area contributed by atoms with E-state index in [0.29, 0.717) is 0 Å². The molecule has 0 bridgehead atoms. The molecule has 1 atom stereocenters. The molecule has 60 valence electrons. The molecular weight excluding hydrogens is 120 g/mol. The fourth-order valence-corrected chi connectivity index (χ4v) is 0.835. The second kappa shape index (κ2) is 4.54. The van der Waals surface area contributed by atoms with E-state index in [0.717, 1.165) is 18.3 Å². The van der Waals surface area contributed by atoms with Crippen LogP contribution < -0.4 is 0 Å². The minimum absolute atomic E-state index is 0.795. The van der Waals surface area contributed by atoms with Crippen LogP contribution in [0.2, 0.25) is 0 Å². The first-order chi connectivity index (χ1) is 4.57. The summed E-state index contributed by atoms with van der Waals surface area (Å²) in [5.74, 6) is 1.59. The smallest absolute Gasteiger partial charge is 0.0295 e. The highest BCUT2D eigenvalue weighted by atomic mass is 14.1. The molecule has 0 saturated carbocycles. The Labute approximate surface area is 65.3 Å². The third-order valence-corrected chi connectivity index (χ3v) is 2.25. The molecule has 0 saturated heterocycles. The summed E-state index contributed by atoms with van der Waals surface area (Å²) in [6.45, 7) is 13.0. The maximum Gasteiger partial charge on any atom is -0.0295 e. The van der Waals surface area contributed by atoms with Gasteiger partial charge >= 0.3 is 0 Å². The van der Waals surface area contributed by atoms with E-state index in [1.54, 1.807) is 0 Å². The van der Waals surface area contributed by atoms with Crippen molar-refractivity contribution in [3.05, 3.63) is 12.2 Å². The first-order valence-electron chi connectivity index (χ1n) is 4.24. The van der Waals surface area contributed by atoms with E-state index in [1.165, 1.54) is 12.0 Å². The molecule has 0 spiro atoms. The normalized spacial score (nSPS) is 13.7. The summed E-state index contributed by atoms with van der Waals surface area (Å²) in [7, 11) is 0. The summed E-state index contributed by atoms with van der Waals surface area (Å²) in [6.07, 6.45) is 2.34. The lowest BCUT2D eigenvalue weighted by Crippen LogP contribution is -2.04. The highest BCUT2D eigenvalue weighted by Gasteiger charge is 2.06. The summed E-state index contributed by atoms with van der Waals surface area (Å²) in [6, 6.07) is 0. The molecule has 0 aromatic heterocycles. The standard InChI is InChI=1S/C10H20/c1-6-9(4)7-10(5)8(2)3/h8,10H,4,6-7H2,1-3,5H3. The van der Waals surface area contributed by atoms with Gasteiger partial charge in [-0.05, 0) is 24.7 Å². The fourth-order valence-electron chi connectivity index (χ4n) is 0.835. The molecule has 0 fully saturated rings. The zero-order valence-corrected chi connectivity index (χ0v) is 7.78. The van der Waals surface area contributed by atoms with Gasteiger partial charge in [0, 0.05) is 0 Å². The van der Waals surface area contributed by atoms with Gasteiger partial charge in [-0.15, -0.1) is 0 Å². The zero-order chi connectivity index (χ0) is 8.15. The topological polar surface area (TPSA) is 0 Å². The fraction of sp³-hybridized carbons (Fsp3) is 0.800. The second-order valence-electron chi connectivity index (χ2n) is 3.53. The van der Waals surface area contributed by atoms with Gasteiger partial charge in [-0.2, -0.15) is 0 Å². The van der Waals surface area contributed by atoms with Crippen molar-refractivity contribution >= 4 is 0 Å². The van der Waals surface area contributed by atoms with Crippen LogP contribution in [0.1, 0.15) is 40.5 Å². The Hall–Kier alpha value is -0.260. The molecule has 0 N–H and O–H groups in total. The maximum absolute atomic E-state index is 4.00. The van der Waals surface area contributed by atoms with Crippen molar-refractivity contribution in [2.24, 2.45) is 11.8 Å². The Bertz CT molecular complexity index is 101. The van der Waals surface area contributed by atoms with Crippen molar-refractivity contribution in [3.8, 4) is 0 Å². The Balaban J connectivity index is 3.57. The summed E-state index contributed by atoms with van der Waals surface area (Å²) in [5, 5.41) is 0. The van der Waals surface area contributed by atoms with Crippen LogP contribution in [-0.4, -0.2) is 0 Å². The van der Waals surface area contributed by atoms with Gasteiger partial charge in [0.2, 0.25) is 0 Å². The van der Waals surface area contributed by atoms with Gasteiger partial charge in [0.1, 0.15) is 0 Å². The summed E-state index contributed by atoms with van der Waals surface area (Å²) in [4.78, 5) is 0. The molecule has 0 nitrogen and oxygen atoms in total. The molecule has 0 aliphatic heterocycles. The Morgan fingerprint density at radius 3 is 2.10 bits per heavy atom. The van der Waals surface area contributed by atoms with Crippen LogP contribution in [0.5, 0.6) is 0 Å².